The molecule has 6 heteroatoms. The number of hydrogen-bond donors (Lipinski definition) is 3. The summed E-state index contributed by atoms with van der Waals surface area (Å²) in [5.41, 5.74) is 4.71. The van der Waals surface area contributed by atoms with Gasteiger partial charge in [-0.25, -0.2) is 0 Å². The van der Waals surface area contributed by atoms with Crippen LogP contribution in [0.1, 0.15) is 51.9 Å². The van der Waals surface area contributed by atoms with Crippen LogP contribution in [0, 0.1) is 17.2 Å². The highest BCUT2D eigenvalue weighted by Gasteiger charge is 2.38. The number of primary amides is 1. The van der Waals surface area contributed by atoms with E-state index in [2.05, 4.69) is 11.4 Å². The molecule has 2 amide bonds. The maximum Gasteiger partial charge on any atom is 0.279 e. The van der Waals surface area contributed by atoms with Gasteiger partial charge in [-0.15, -0.1) is 0 Å². The van der Waals surface area contributed by atoms with Crippen molar-refractivity contribution in [1.29, 1.82) is 5.26 Å². The van der Waals surface area contributed by atoms with Gasteiger partial charge in [-0.05, 0) is 32.6 Å². The van der Waals surface area contributed by atoms with Crippen molar-refractivity contribution in [3.8, 4) is 6.07 Å². The summed E-state index contributed by atoms with van der Waals surface area (Å²) in [6.07, 6.45) is 6.30. The van der Waals surface area contributed by atoms with Crippen LogP contribution in [0.5, 0.6) is 0 Å². The highest BCUT2D eigenvalue weighted by atomic mass is 16.2. The molecule has 0 spiro atoms. The maximum atomic E-state index is 12.6. The molecule has 2 aliphatic rings. The van der Waals surface area contributed by atoms with E-state index in [4.69, 9.17) is 5.73 Å². The average molecular weight is 307 g/mol. The number of amides is 2. The average Bonchev–Trinajstić information content (AvgIpc) is 2.55. The highest BCUT2D eigenvalue weighted by Crippen LogP contribution is 2.27. The van der Waals surface area contributed by atoms with E-state index in [1.54, 1.807) is 0 Å². The van der Waals surface area contributed by atoms with Crippen LogP contribution in [0.3, 0.4) is 0 Å². The van der Waals surface area contributed by atoms with Crippen LogP contribution in [0.4, 0.5) is 0 Å². The predicted molar refractivity (Wildman–Crippen MR) is 81.6 cm³/mol. The molecule has 1 heterocycles. The van der Waals surface area contributed by atoms with Crippen LogP contribution in [-0.2, 0) is 9.59 Å². The van der Waals surface area contributed by atoms with Gasteiger partial charge in [0.25, 0.3) is 5.91 Å². The minimum Gasteiger partial charge on any atom is -0.369 e. The third-order valence-electron chi connectivity index (χ3n) is 5.25. The van der Waals surface area contributed by atoms with Crippen molar-refractivity contribution in [2.75, 3.05) is 13.1 Å². The summed E-state index contributed by atoms with van der Waals surface area (Å²) < 4.78 is 0. The summed E-state index contributed by atoms with van der Waals surface area (Å²) in [7, 11) is 0. The van der Waals surface area contributed by atoms with Gasteiger partial charge in [0, 0.05) is 0 Å². The van der Waals surface area contributed by atoms with Crippen molar-refractivity contribution >= 4 is 11.8 Å². The first-order chi connectivity index (χ1) is 10.5. The molecule has 0 aromatic carbocycles. The number of likely N-dealkylation sites (tertiary alicyclic amines) is 1. The van der Waals surface area contributed by atoms with Gasteiger partial charge in [0.2, 0.25) is 5.91 Å². The van der Waals surface area contributed by atoms with E-state index in [9.17, 15) is 14.9 Å². The fraction of sp³-hybridized carbons (Fsp3) is 0.812. The Morgan fingerprint density at radius 2 is 2.00 bits per heavy atom. The zero-order valence-corrected chi connectivity index (χ0v) is 13.4. The number of quaternary nitrogens is 1. The van der Waals surface area contributed by atoms with Gasteiger partial charge in [-0.2, -0.15) is 5.26 Å². The first-order valence-electron chi connectivity index (χ1n) is 8.34. The number of piperidine rings is 1. The zero-order chi connectivity index (χ0) is 16.2. The van der Waals surface area contributed by atoms with Crippen LogP contribution in [-0.4, -0.2) is 36.5 Å². The van der Waals surface area contributed by atoms with Crippen molar-refractivity contribution in [3.63, 3.8) is 0 Å². The van der Waals surface area contributed by atoms with E-state index in [1.165, 1.54) is 0 Å². The normalized spacial score (nSPS) is 29.1. The van der Waals surface area contributed by atoms with E-state index in [-0.39, 0.29) is 23.8 Å². The Morgan fingerprint density at radius 1 is 1.32 bits per heavy atom. The number of nitrogens with one attached hydrogen (secondary N) is 2. The summed E-state index contributed by atoms with van der Waals surface area (Å²) in [4.78, 5) is 25.0. The molecular weight excluding hydrogens is 280 g/mol. The topological polar surface area (TPSA) is 100 Å². The Bertz CT molecular complexity index is 465. The fourth-order valence-corrected chi connectivity index (χ4v) is 3.68. The zero-order valence-electron chi connectivity index (χ0n) is 13.4. The van der Waals surface area contributed by atoms with Crippen molar-refractivity contribution in [1.82, 2.24) is 5.32 Å². The summed E-state index contributed by atoms with van der Waals surface area (Å²) >= 11 is 0. The minimum absolute atomic E-state index is 0.0800. The Hall–Kier alpha value is -1.61. The standard InChI is InChI=1S/C16H26N4O2/c1-12(20-9-5-6-13(10-20)14(18)21)15(22)19-16(11-17)7-3-2-4-8-16/h12-13H,2-10H2,1H3,(H2,18,21)(H,19,22)/p+1/t12-,13+/m1/s1. The second-order valence-corrected chi connectivity index (χ2v) is 6.82. The van der Waals surface area contributed by atoms with Crippen LogP contribution in [0.25, 0.3) is 0 Å². The number of nitrogens with zero attached hydrogens (tertiary/aromatic N) is 1. The lowest BCUT2D eigenvalue weighted by molar-refractivity contribution is -0.921. The molecular formula is C16H27N4O2+. The molecule has 6 nitrogen and oxygen atoms in total. The number of carbonyl (C=O) groups is 2. The van der Waals surface area contributed by atoms with E-state index < -0.39 is 5.54 Å². The van der Waals surface area contributed by atoms with Gasteiger partial charge < -0.3 is 16.0 Å². The highest BCUT2D eigenvalue weighted by molar-refractivity contribution is 5.81. The molecule has 0 aromatic heterocycles. The molecule has 1 unspecified atom stereocenters. The molecule has 0 aromatic rings. The second-order valence-electron chi connectivity index (χ2n) is 6.82. The van der Waals surface area contributed by atoms with Crippen LogP contribution in [0.15, 0.2) is 0 Å². The Labute approximate surface area is 132 Å². The molecule has 122 valence electrons. The quantitative estimate of drug-likeness (QED) is 0.652. The lowest BCUT2D eigenvalue weighted by atomic mass is 9.82. The molecule has 1 aliphatic heterocycles. The molecule has 1 aliphatic carbocycles. The fourth-order valence-electron chi connectivity index (χ4n) is 3.68. The van der Waals surface area contributed by atoms with Crippen LogP contribution in [0.2, 0.25) is 0 Å². The third kappa shape index (κ3) is 3.77. The van der Waals surface area contributed by atoms with Gasteiger partial charge in [0.05, 0.1) is 25.1 Å². The predicted octanol–water partition coefficient (Wildman–Crippen LogP) is -0.502. The molecule has 22 heavy (non-hydrogen) atoms. The Morgan fingerprint density at radius 3 is 2.59 bits per heavy atom. The van der Waals surface area contributed by atoms with E-state index in [0.29, 0.717) is 6.54 Å². The summed E-state index contributed by atoms with van der Waals surface area (Å²) in [6.45, 7) is 3.36. The first kappa shape index (κ1) is 16.8. The third-order valence-corrected chi connectivity index (χ3v) is 5.25. The van der Waals surface area contributed by atoms with Crippen molar-refractivity contribution < 1.29 is 14.5 Å². The maximum absolute atomic E-state index is 12.6. The molecule has 1 saturated heterocycles. The minimum atomic E-state index is -0.693. The number of rotatable bonds is 4. The molecule has 2 rings (SSSR count). The SMILES string of the molecule is C[C@H](C(=O)NC1(C#N)CCCCC1)[NH+]1CCC[C@H](C(N)=O)C1. The number of carbonyl (C=O) groups excluding carboxylic acids is 2. The summed E-state index contributed by atoms with van der Waals surface area (Å²) in [5, 5.41) is 12.5. The Kier molecular flexibility index (Phi) is 5.41. The number of nitriles is 1. The van der Waals surface area contributed by atoms with E-state index in [0.717, 1.165) is 56.4 Å². The van der Waals surface area contributed by atoms with Crippen molar-refractivity contribution in [3.05, 3.63) is 0 Å². The van der Waals surface area contributed by atoms with Crippen LogP contribution < -0.4 is 16.0 Å². The van der Waals surface area contributed by atoms with Gasteiger partial charge in [-0.3, -0.25) is 9.59 Å². The lowest BCUT2D eigenvalue weighted by Gasteiger charge is -2.35. The summed E-state index contributed by atoms with van der Waals surface area (Å²) in [6, 6.07) is 2.06. The lowest BCUT2D eigenvalue weighted by Crippen LogP contribution is -3.18. The van der Waals surface area contributed by atoms with E-state index in [1.807, 2.05) is 6.92 Å². The monoisotopic (exact) mass is 307 g/mol. The second kappa shape index (κ2) is 7.10. The molecule has 2 fully saturated rings. The van der Waals surface area contributed by atoms with Gasteiger partial charge in [-0.1, -0.05) is 19.3 Å². The number of hydrogen-bond acceptors (Lipinski definition) is 3. The number of nitrogens with two attached hydrogens (primary N) is 1. The van der Waals surface area contributed by atoms with Gasteiger partial charge >= 0.3 is 0 Å². The largest absolute Gasteiger partial charge is 0.369 e. The molecule has 0 radical (unpaired) electrons. The van der Waals surface area contributed by atoms with E-state index >= 15 is 0 Å². The van der Waals surface area contributed by atoms with Gasteiger partial charge in [0.1, 0.15) is 5.54 Å². The molecule has 0 bridgehead atoms. The van der Waals surface area contributed by atoms with Gasteiger partial charge in [0.15, 0.2) is 6.04 Å². The Balaban J connectivity index is 1.96. The molecule has 3 atom stereocenters. The van der Waals surface area contributed by atoms with Crippen molar-refractivity contribution in [2.45, 2.75) is 63.5 Å². The molecule has 4 N–H and O–H groups in total. The smallest absolute Gasteiger partial charge is 0.279 e. The van der Waals surface area contributed by atoms with Crippen molar-refractivity contribution in [2.24, 2.45) is 11.7 Å². The first-order valence-corrected chi connectivity index (χ1v) is 8.34. The summed E-state index contributed by atoms with van der Waals surface area (Å²) in [5.74, 6) is -0.493. The van der Waals surface area contributed by atoms with Crippen LogP contribution >= 0.6 is 0 Å². The molecule has 1 saturated carbocycles.